The maximum absolute atomic E-state index is 10.3. The number of hydrogen-bond donors (Lipinski definition) is 5. The van der Waals surface area contributed by atoms with Gasteiger partial charge in [0, 0.05) is 6.42 Å². The van der Waals surface area contributed by atoms with Crippen molar-refractivity contribution in [1.82, 2.24) is 0 Å². The fraction of sp³-hybridized carbons (Fsp3) is 0.944. The summed E-state index contributed by atoms with van der Waals surface area (Å²) in [7, 11) is -2.17. The molecule has 0 aliphatic rings. The summed E-state index contributed by atoms with van der Waals surface area (Å²) in [5.74, 6) is -0.678. The molecule has 5 N–H and O–H groups in total. The average molecular weight is 362 g/mol. The van der Waals surface area contributed by atoms with Crippen LogP contribution in [0.5, 0.6) is 0 Å². The molecule has 25 heavy (non-hydrogen) atoms. The lowest BCUT2D eigenvalue weighted by molar-refractivity contribution is -0.137. The minimum atomic E-state index is -2.17. The molecule has 0 spiro atoms. The first-order valence-electron chi connectivity index (χ1n) is 9.84. The van der Waals surface area contributed by atoms with E-state index in [2.05, 4.69) is 6.92 Å². The second-order valence-electron chi connectivity index (χ2n) is 6.61. The quantitative estimate of drug-likeness (QED) is 0.212. The third-order valence-corrected chi connectivity index (χ3v) is 4.07. The smallest absolute Gasteiger partial charge is 0.481 e. The molecular weight excluding hydrogens is 323 g/mol. The lowest BCUT2D eigenvalue weighted by Crippen LogP contribution is -2.07. The molecule has 6 nitrogen and oxygen atoms in total. The molecule has 0 rings (SSSR count). The zero-order chi connectivity index (χ0) is 19.3. The van der Waals surface area contributed by atoms with Crippen LogP contribution in [-0.2, 0) is 4.79 Å². The Labute approximate surface area is 153 Å². The van der Waals surface area contributed by atoms with Gasteiger partial charge in [0.2, 0.25) is 0 Å². The van der Waals surface area contributed by atoms with Gasteiger partial charge in [0.15, 0.2) is 0 Å². The number of carbonyl (C=O) groups is 1. The first kappa shape index (κ1) is 26.6. The highest BCUT2D eigenvalue weighted by molar-refractivity contribution is 6.30. The summed E-state index contributed by atoms with van der Waals surface area (Å²) in [6, 6.07) is 0. The van der Waals surface area contributed by atoms with Crippen LogP contribution >= 0.6 is 0 Å². The van der Waals surface area contributed by atoms with Crippen LogP contribution in [0.3, 0.4) is 0 Å². The van der Waals surface area contributed by atoms with Crippen molar-refractivity contribution in [1.29, 1.82) is 0 Å². The van der Waals surface area contributed by atoms with Crippen molar-refractivity contribution in [2.45, 2.75) is 109 Å². The molecule has 0 aliphatic carbocycles. The molecule has 0 fully saturated rings. The molecule has 0 aliphatic heterocycles. The van der Waals surface area contributed by atoms with Crippen LogP contribution < -0.4 is 0 Å². The Morgan fingerprint density at radius 1 is 0.760 bits per heavy atom. The topological polar surface area (TPSA) is 118 Å². The van der Waals surface area contributed by atoms with E-state index < -0.39 is 13.3 Å². The summed E-state index contributed by atoms with van der Waals surface area (Å²) in [5, 5.41) is 39.9. The van der Waals surface area contributed by atoms with E-state index in [9.17, 15) is 9.90 Å². The molecule has 0 aromatic heterocycles. The maximum atomic E-state index is 10.3. The fourth-order valence-electron chi connectivity index (χ4n) is 2.67. The monoisotopic (exact) mass is 362 g/mol. The molecule has 0 heterocycles. The predicted molar refractivity (Wildman–Crippen MR) is 101 cm³/mol. The second kappa shape index (κ2) is 21.4. The Hall–Kier alpha value is -0.625. The molecular formula is C18H39BO6. The Bertz CT molecular complexity index is 274. The Morgan fingerprint density at radius 3 is 1.52 bits per heavy atom. The van der Waals surface area contributed by atoms with E-state index >= 15 is 0 Å². The van der Waals surface area contributed by atoms with E-state index in [0.717, 1.165) is 38.5 Å². The summed E-state index contributed by atoms with van der Waals surface area (Å²) in [6.45, 7) is 2.21. The summed E-state index contributed by atoms with van der Waals surface area (Å²) >= 11 is 0. The largest absolute Gasteiger partial charge is 0.631 e. The predicted octanol–water partition coefficient (Wildman–Crippen LogP) is 3.25. The molecule has 0 radical (unpaired) electrons. The van der Waals surface area contributed by atoms with Gasteiger partial charge in [0.05, 0.1) is 6.10 Å². The Balaban J connectivity index is 0. The molecule has 1 atom stereocenters. The second-order valence-corrected chi connectivity index (χ2v) is 6.61. The molecule has 150 valence electrons. The van der Waals surface area contributed by atoms with Crippen LogP contribution in [0.2, 0.25) is 0 Å². The van der Waals surface area contributed by atoms with Crippen molar-refractivity contribution in [2.75, 3.05) is 0 Å². The van der Waals surface area contributed by atoms with Gasteiger partial charge in [-0.2, -0.15) is 0 Å². The number of rotatable bonds is 16. The molecule has 0 bridgehead atoms. The molecule has 0 saturated heterocycles. The van der Waals surface area contributed by atoms with E-state index in [4.69, 9.17) is 20.2 Å². The zero-order valence-electron chi connectivity index (χ0n) is 15.9. The third kappa shape index (κ3) is 31.6. The van der Waals surface area contributed by atoms with Crippen molar-refractivity contribution >= 4 is 13.3 Å². The normalized spacial score (nSPS) is 11.6. The number of unbranched alkanes of at least 4 members (excludes halogenated alkanes) is 10. The number of hydrogen-bond acceptors (Lipinski definition) is 5. The first-order valence-corrected chi connectivity index (χ1v) is 9.84. The number of aliphatic hydroxyl groups excluding tert-OH is 1. The average Bonchev–Trinajstić information content (AvgIpc) is 2.52. The number of carboxylic acid groups (broad SMARTS) is 1. The fourth-order valence-corrected chi connectivity index (χ4v) is 2.67. The van der Waals surface area contributed by atoms with Gasteiger partial charge in [-0.3, -0.25) is 4.79 Å². The summed E-state index contributed by atoms with van der Waals surface area (Å²) in [5.41, 5.74) is 0. The van der Waals surface area contributed by atoms with Gasteiger partial charge in [0.1, 0.15) is 0 Å². The van der Waals surface area contributed by atoms with Crippen LogP contribution in [0.4, 0.5) is 0 Å². The molecule has 7 heteroatoms. The van der Waals surface area contributed by atoms with Crippen LogP contribution in [0.15, 0.2) is 0 Å². The van der Waals surface area contributed by atoms with Crippen molar-refractivity contribution in [3.05, 3.63) is 0 Å². The molecule has 0 saturated carbocycles. The van der Waals surface area contributed by atoms with E-state index in [0.29, 0.717) is 6.42 Å². The van der Waals surface area contributed by atoms with E-state index in [1.807, 2.05) is 0 Å². The number of aliphatic carboxylic acids is 1. The van der Waals surface area contributed by atoms with Crippen molar-refractivity contribution < 1.29 is 30.1 Å². The van der Waals surface area contributed by atoms with Crippen LogP contribution in [0, 0.1) is 0 Å². The molecule has 1 unspecified atom stereocenters. The van der Waals surface area contributed by atoms with Gasteiger partial charge in [-0.05, 0) is 19.3 Å². The van der Waals surface area contributed by atoms with Gasteiger partial charge in [-0.1, -0.05) is 77.6 Å². The maximum Gasteiger partial charge on any atom is 0.631 e. The third-order valence-electron chi connectivity index (χ3n) is 4.07. The van der Waals surface area contributed by atoms with Gasteiger partial charge in [0.25, 0.3) is 0 Å². The Morgan fingerprint density at radius 2 is 1.12 bits per heavy atom. The summed E-state index contributed by atoms with van der Waals surface area (Å²) < 4.78 is 0. The van der Waals surface area contributed by atoms with Crippen LogP contribution in [0.25, 0.3) is 0 Å². The summed E-state index contributed by atoms with van der Waals surface area (Å²) in [6.07, 6.45) is 16.3. The van der Waals surface area contributed by atoms with E-state index in [1.165, 1.54) is 51.4 Å². The minimum absolute atomic E-state index is 0.0853. The van der Waals surface area contributed by atoms with E-state index in [-0.39, 0.29) is 6.10 Å². The summed E-state index contributed by atoms with van der Waals surface area (Å²) in [4.78, 5) is 10.3. The van der Waals surface area contributed by atoms with E-state index in [1.54, 1.807) is 0 Å². The standard InChI is InChI=1S/C18H36O3.BH3O3/c1-2-3-4-11-14-17(19)15-12-9-7-5-6-8-10-13-16-18(20)21;2-1(3)4/h17,19H,2-16H2,1H3,(H,20,21);2-4H. The van der Waals surface area contributed by atoms with Gasteiger partial charge < -0.3 is 25.3 Å². The van der Waals surface area contributed by atoms with Crippen molar-refractivity contribution in [2.24, 2.45) is 0 Å². The lowest BCUT2D eigenvalue weighted by atomic mass is 10.0. The van der Waals surface area contributed by atoms with Crippen LogP contribution in [0.1, 0.15) is 103 Å². The Kier molecular flexibility index (Phi) is 22.8. The molecule has 0 amide bonds. The number of aliphatic hydroxyl groups is 1. The molecule has 0 aromatic carbocycles. The highest BCUT2D eigenvalue weighted by atomic mass is 16.5. The van der Waals surface area contributed by atoms with Gasteiger partial charge >= 0.3 is 13.3 Å². The highest BCUT2D eigenvalue weighted by Gasteiger charge is 2.03. The van der Waals surface area contributed by atoms with Gasteiger partial charge in [-0.15, -0.1) is 0 Å². The van der Waals surface area contributed by atoms with Crippen LogP contribution in [-0.4, -0.2) is 44.7 Å². The lowest BCUT2D eigenvalue weighted by Gasteiger charge is -2.10. The van der Waals surface area contributed by atoms with Gasteiger partial charge in [-0.25, -0.2) is 0 Å². The first-order chi connectivity index (χ1) is 11.9. The van der Waals surface area contributed by atoms with Crippen molar-refractivity contribution in [3.63, 3.8) is 0 Å². The minimum Gasteiger partial charge on any atom is -0.481 e. The zero-order valence-corrected chi connectivity index (χ0v) is 15.9. The number of carboxylic acids is 1. The van der Waals surface area contributed by atoms with Crippen molar-refractivity contribution in [3.8, 4) is 0 Å². The highest BCUT2D eigenvalue weighted by Crippen LogP contribution is 2.14. The molecule has 0 aromatic rings. The SMILES string of the molecule is CCCCCCC(O)CCCCCCCCCCC(=O)O.OB(O)O.